The summed E-state index contributed by atoms with van der Waals surface area (Å²) in [5, 5.41) is -0.180. The van der Waals surface area contributed by atoms with Gasteiger partial charge in [-0.15, -0.1) is 0 Å². The van der Waals surface area contributed by atoms with Crippen LogP contribution in [0.4, 0.5) is 4.39 Å². The van der Waals surface area contributed by atoms with Gasteiger partial charge in [0.05, 0.1) is 17.5 Å². The van der Waals surface area contributed by atoms with Crippen LogP contribution in [0.15, 0.2) is 67.0 Å². The number of ether oxygens (including phenoxy) is 3. The molecule has 2 aromatic carbocycles. The Morgan fingerprint density at radius 1 is 0.972 bits per heavy atom. The predicted octanol–water partition coefficient (Wildman–Crippen LogP) is 4.45. The predicted molar refractivity (Wildman–Crippen MR) is 127 cm³/mol. The van der Waals surface area contributed by atoms with Crippen LogP contribution in [0.1, 0.15) is 26.9 Å². The Hall–Kier alpha value is -3.60. The quantitative estimate of drug-likeness (QED) is 0.204. The van der Waals surface area contributed by atoms with Crippen LogP contribution in [0.25, 0.3) is 11.2 Å². The summed E-state index contributed by atoms with van der Waals surface area (Å²) in [5.41, 5.74) is 0.854. The maximum absolute atomic E-state index is 15.8. The highest BCUT2D eigenvalue weighted by Gasteiger charge is 2.50. The number of imidazole rings is 1. The van der Waals surface area contributed by atoms with Gasteiger partial charge in [0.2, 0.25) is 5.28 Å². The van der Waals surface area contributed by atoms with Crippen LogP contribution >= 0.6 is 23.2 Å². The first kappa shape index (κ1) is 24.1. The molecule has 0 radical (unpaired) electrons. The second kappa shape index (κ2) is 10.2. The van der Waals surface area contributed by atoms with E-state index in [1.807, 2.05) is 0 Å². The molecule has 1 aliphatic rings. The molecule has 12 heteroatoms. The third-order valence-electron chi connectivity index (χ3n) is 5.53. The van der Waals surface area contributed by atoms with E-state index in [0.29, 0.717) is 5.56 Å². The summed E-state index contributed by atoms with van der Waals surface area (Å²) < 4.78 is 33.8. The zero-order valence-electron chi connectivity index (χ0n) is 18.3. The van der Waals surface area contributed by atoms with Crippen LogP contribution in [0.2, 0.25) is 10.4 Å². The molecule has 9 nitrogen and oxygen atoms in total. The van der Waals surface area contributed by atoms with E-state index in [4.69, 9.17) is 37.4 Å². The van der Waals surface area contributed by atoms with Crippen LogP contribution in [-0.2, 0) is 14.2 Å². The Kier molecular flexibility index (Phi) is 6.82. The largest absolute Gasteiger partial charge is 0.459 e. The number of benzene rings is 2. The van der Waals surface area contributed by atoms with Crippen molar-refractivity contribution in [3.05, 3.63) is 88.6 Å². The van der Waals surface area contributed by atoms with Gasteiger partial charge in [-0.25, -0.2) is 23.9 Å². The molecule has 0 amide bonds. The van der Waals surface area contributed by atoms with Crippen LogP contribution in [0.3, 0.4) is 0 Å². The van der Waals surface area contributed by atoms with Crippen molar-refractivity contribution in [3.63, 3.8) is 0 Å². The summed E-state index contributed by atoms with van der Waals surface area (Å²) in [6, 6.07) is 16.4. The van der Waals surface area contributed by atoms with Crippen LogP contribution in [0.5, 0.6) is 0 Å². The number of hydrogen-bond donors (Lipinski definition) is 0. The molecule has 1 saturated heterocycles. The Bertz CT molecular complexity index is 1410. The number of esters is 2. The number of carbonyl (C=O) groups is 2. The summed E-state index contributed by atoms with van der Waals surface area (Å²) in [7, 11) is 0. The van der Waals surface area contributed by atoms with Crippen LogP contribution in [0, 0.1) is 0 Å². The third kappa shape index (κ3) is 4.75. The molecule has 0 N–H and O–H groups in total. The lowest BCUT2D eigenvalue weighted by molar-refractivity contribution is -0.0570. The van der Waals surface area contributed by atoms with Crippen molar-refractivity contribution in [2.45, 2.75) is 24.6 Å². The summed E-state index contributed by atoms with van der Waals surface area (Å²) in [6.07, 6.45) is -4.46. The van der Waals surface area contributed by atoms with Gasteiger partial charge in [-0.05, 0) is 35.9 Å². The molecule has 1 aliphatic heterocycles. The van der Waals surface area contributed by atoms with E-state index in [1.54, 1.807) is 48.5 Å². The summed E-state index contributed by atoms with van der Waals surface area (Å²) in [4.78, 5) is 37.2. The van der Waals surface area contributed by atoms with Gasteiger partial charge in [0, 0.05) is 0 Å². The minimum absolute atomic E-state index is 0.0162. The van der Waals surface area contributed by atoms with Crippen molar-refractivity contribution in [2.75, 3.05) is 6.61 Å². The van der Waals surface area contributed by atoms with Crippen LogP contribution in [-0.4, -0.2) is 56.4 Å². The van der Waals surface area contributed by atoms with Crippen molar-refractivity contribution in [3.8, 4) is 0 Å². The fourth-order valence-electron chi connectivity index (χ4n) is 3.82. The van der Waals surface area contributed by atoms with Gasteiger partial charge in [0.15, 0.2) is 29.3 Å². The van der Waals surface area contributed by atoms with Crippen molar-refractivity contribution >= 4 is 46.3 Å². The zero-order valence-corrected chi connectivity index (χ0v) is 19.8. The molecule has 5 rings (SSSR count). The zero-order chi connectivity index (χ0) is 25.2. The number of aromatic nitrogens is 4. The number of carbonyl (C=O) groups excluding carboxylic acids is 2. The van der Waals surface area contributed by atoms with Gasteiger partial charge in [-0.1, -0.05) is 48.0 Å². The average molecular weight is 531 g/mol. The minimum Gasteiger partial charge on any atom is -0.459 e. The number of halogens is 3. The Morgan fingerprint density at radius 2 is 1.61 bits per heavy atom. The molecular formula is C24H17Cl2FN4O5. The number of fused-ring (bicyclic) bond motifs is 1. The molecule has 0 aliphatic carbocycles. The number of nitrogens with zero attached hydrogens (tertiary/aromatic N) is 4. The molecule has 36 heavy (non-hydrogen) atoms. The van der Waals surface area contributed by atoms with E-state index in [-0.39, 0.29) is 33.8 Å². The molecule has 1 fully saturated rings. The number of rotatable bonds is 6. The second-order valence-corrected chi connectivity index (χ2v) is 8.51. The lowest BCUT2D eigenvalue weighted by Crippen LogP contribution is -2.37. The van der Waals surface area contributed by atoms with E-state index in [9.17, 15) is 9.59 Å². The molecule has 4 aromatic rings. The maximum atomic E-state index is 15.8. The number of hydrogen-bond acceptors (Lipinski definition) is 8. The lowest BCUT2D eigenvalue weighted by Gasteiger charge is -2.19. The summed E-state index contributed by atoms with van der Waals surface area (Å²) in [5.74, 6) is -1.39. The Balaban J connectivity index is 1.42. The standard InChI is InChI=1S/C24H17Cl2FN4O5/c25-19-17-20(30-24(26)29-19)31(12-28-17)21-16(27)18(36-23(33)14-9-5-2-6-10-14)15(35-21)11-34-22(32)13-7-3-1-4-8-13/h1-10,12,15-16,18,21H,11H2/t15-,16+,18-,21-/m1/s1. The van der Waals surface area contributed by atoms with Crippen LogP contribution < -0.4 is 0 Å². The molecule has 2 aromatic heterocycles. The van der Waals surface area contributed by atoms with E-state index in [0.717, 1.165) is 0 Å². The maximum Gasteiger partial charge on any atom is 0.338 e. The smallest absolute Gasteiger partial charge is 0.338 e. The molecule has 0 bridgehead atoms. The summed E-state index contributed by atoms with van der Waals surface area (Å²) in [6.45, 7) is -0.374. The fraction of sp³-hybridized carbons (Fsp3) is 0.208. The van der Waals surface area contributed by atoms with Gasteiger partial charge in [-0.2, -0.15) is 4.98 Å². The highest BCUT2D eigenvalue weighted by atomic mass is 35.5. The first-order valence-corrected chi connectivity index (χ1v) is 11.5. The topological polar surface area (TPSA) is 105 Å². The Labute approximate surface area is 213 Å². The van der Waals surface area contributed by atoms with Crippen molar-refractivity contribution < 1.29 is 28.2 Å². The normalized spacial score (nSPS) is 21.4. The number of alkyl halides is 1. The molecule has 0 spiro atoms. The molecule has 4 atom stereocenters. The lowest BCUT2D eigenvalue weighted by atomic mass is 10.1. The third-order valence-corrected chi connectivity index (χ3v) is 5.97. The van der Waals surface area contributed by atoms with E-state index in [1.165, 1.54) is 23.0 Å². The first-order chi connectivity index (χ1) is 17.4. The van der Waals surface area contributed by atoms with E-state index in [2.05, 4.69) is 15.0 Å². The van der Waals surface area contributed by atoms with Crippen molar-refractivity contribution in [1.82, 2.24) is 19.5 Å². The summed E-state index contributed by atoms with van der Waals surface area (Å²) >= 11 is 12.0. The van der Waals surface area contributed by atoms with Gasteiger partial charge < -0.3 is 14.2 Å². The highest BCUT2D eigenvalue weighted by Crippen LogP contribution is 2.37. The van der Waals surface area contributed by atoms with Gasteiger partial charge in [-0.3, -0.25) is 4.57 Å². The monoisotopic (exact) mass is 530 g/mol. The minimum atomic E-state index is -1.87. The second-order valence-electron chi connectivity index (χ2n) is 7.82. The van der Waals surface area contributed by atoms with Gasteiger partial charge in [0.1, 0.15) is 18.2 Å². The average Bonchev–Trinajstić information content (AvgIpc) is 3.44. The fourth-order valence-corrected chi connectivity index (χ4v) is 4.24. The van der Waals surface area contributed by atoms with E-state index < -0.39 is 36.5 Å². The SMILES string of the molecule is O=C(OC[C@H]1O[C@@H](n2cnc3c(Cl)nc(Cl)nc32)[C@@H](F)[C@@H]1OC(=O)c1ccccc1)c1ccccc1. The van der Waals surface area contributed by atoms with Gasteiger partial charge in [0.25, 0.3) is 0 Å². The first-order valence-electron chi connectivity index (χ1n) is 10.8. The molecule has 184 valence electrons. The Morgan fingerprint density at radius 3 is 2.28 bits per heavy atom. The molecule has 0 unspecified atom stereocenters. The van der Waals surface area contributed by atoms with E-state index >= 15 is 4.39 Å². The molecule has 3 heterocycles. The highest BCUT2D eigenvalue weighted by molar-refractivity contribution is 6.35. The molecular weight excluding hydrogens is 514 g/mol. The van der Waals surface area contributed by atoms with Crippen molar-refractivity contribution in [2.24, 2.45) is 0 Å². The van der Waals surface area contributed by atoms with Gasteiger partial charge >= 0.3 is 11.9 Å². The molecule has 0 saturated carbocycles. The van der Waals surface area contributed by atoms with Crippen molar-refractivity contribution in [1.29, 1.82) is 0 Å².